The molecule has 2 N–H and O–H groups in total. The number of hydrogen-bond donors (Lipinski definition) is 2. The first kappa shape index (κ1) is 16.5. The van der Waals surface area contributed by atoms with Gasteiger partial charge in [0.25, 0.3) is 5.91 Å². The van der Waals surface area contributed by atoms with Gasteiger partial charge >= 0.3 is 0 Å². The van der Waals surface area contributed by atoms with Gasteiger partial charge in [-0.15, -0.1) is 0 Å². The van der Waals surface area contributed by atoms with E-state index < -0.39 is 0 Å². The number of anilines is 1. The van der Waals surface area contributed by atoms with Crippen LogP contribution in [0.4, 0.5) is 5.69 Å². The van der Waals surface area contributed by atoms with Gasteiger partial charge in [0, 0.05) is 15.7 Å². The van der Waals surface area contributed by atoms with Crippen molar-refractivity contribution in [2.24, 2.45) is 5.16 Å². The zero-order valence-corrected chi connectivity index (χ0v) is 14.5. The Hall–Kier alpha value is -1.86. The maximum Gasteiger partial charge on any atom is 0.262 e. The standard InChI is InChI=1S/C15H12Br2N2O3/c16-11-6-10(8-18-21)15(13(17)7-11)22-9-14(20)19-12-4-2-1-3-5-12/h1-8,21H,9H2,(H,19,20)/b18-8+. The third-order valence-electron chi connectivity index (χ3n) is 2.64. The molecule has 0 unspecified atom stereocenters. The van der Waals surface area contributed by atoms with E-state index in [9.17, 15) is 4.79 Å². The summed E-state index contributed by atoms with van der Waals surface area (Å²) in [6.07, 6.45) is 1.24. The molecule has 0 aliphatic heterocycles. The SMILES string of the molecule is O=C(COc1c(Br)cc(Br)cc1/C=N/O)Nc1ccccc1. The fourth-order valence-electron chi connectivity index (χ4n) is 1.75. The topological polar surface area (TPSA) is 70.9 Å². The van der Waals surface area contributed by atoms with E-state index in [0.717, 1.165) is 4.47 Å². The van der Waals surface area contributed by atoms with E-state index in [1.165, 1.54) is 6.21 Å². The average Bonchev–Trinajstić information content (AvgIpc) is 2.47. The van der Waals surface area contributed by atoms with Crippen molar-refractivity contribution in [1.29, 1.82) is 0 Å². The first-order chi connectivity index (χ1) is 10.6. The van der Waals surface area contributed by atoms with E-state index in [-0.39, 0.29) is 12.5 Å². The molecule has 0 atom stereocenters. The number of nitrogens with zero attached hydrogens (tertiary/aromatic N) is 1. The Kier molecular flexibility index (Phi) is 5.97. The number of amides is 1. The molecule has 0 aliphatic rings. The van der Waals surface area contributed by atoms with Crippen LogP contribution in [0.5, 0.6) is 5.75 Å². The molecule has 2 rings (SSSR count). The molecule has 114 valence electrons. The minimum atomic E-state index is -0.284. The van der Waals surface area contributed by atoms with Crippen LogP contribution in [0.15, 0.2) is 56.6 Å². The first-order valence-corrected chi connectivity index (χ1v) is 7.83. The summed E-state index contributed by atoms with van der Waals surface area (Å²) in [5, 5.41) is 14.4. The number of halogens is 2. The molecule has 0 aromatic heterocycles. The van der Waals surface area contributed by atoms with Gasteiger partial charge in [0.15, 0.2) is 6.61 Å². The average molecular weight is 428 g/mol. The van der Waals surface area contributed by atoms with Crippen LogP contribution in [-0.2, 0) is 4.79 Å². The molecule has 0 fully saturated rings. The largest absolute Gasteiger partial charge is 0.482 e. The van der Waals surface area contributed by atoms with Gasteiger partial charge in [0.1, 0.15) is 5.75 Å². The summed E-state index contributed by atoms with van der Waals surface area (Å²) in [5.41, 5.74) is 1.24. The number of para-hydroxylation sites is 1. The lowest BCUT2D eigenvalue weighted by molar-refractivity contribution is -0.118. The lowest BCUT2D eigenvalue weighted by Crippen LogP contribution is -2.20. The van der Waals surface area contributed by atoms with Crippen molar-refractivity contribution >= 4 is 49.7 Å². The van der Waals surface area contributed by atoms with Crippen molar-refractivity contribution in [2.75, 3.05) is 11.9 Å². The summed E-state index contributed by atoms with van der Waals surface area (Å²) in [6, 6.07) is 12.6. The highest BCUT2D eigenvalue weighted by atomic mass is 79.9. The fourth-order valence-corrected chi connectivity index (χ4v) is 3.12. The number of nitrogens with one attached hydrogen (secondary N) is 1. The number of benzene rings is 2. The molecule has 7 heteroatoms. The molecule has 0 bridgehead atoms. The lowest BCUT2D eigenvalue weighted by atomic mass is 10.2. The van der Waals surface area contributed by atoms with E-state index in [4.69, 9.17) is 9.94 Å². The second-order valence-corrected chi connectivity index (χ2v) is 6.02. The Balaban J connectivity index is 2.06. The summed E-state index contributed by atoms with van der Waals surface area (Å²) in [7, 11) is 0. The summed E-state index contributed by atoms with van der Waals surface area (Å²) in [5.74, 6) is 0.136. The highest BCUT2D eigenvalue weighted by Gasteiger charge is 2.11. The van der Waals surface area contributed by atoms with Crippen molar-refractivity contribution in [3.63, 3.8) is 0 Å². The van der Waals surface area contributed by atoms with E-state index >= 15 is 0 Å². The van der Waals surface area contributed by atoms with E-state index in [1.54, 1.807) is 24.3 Å². The molecular weight excluding hydrogens is 416 g/mol. The third kappa shape index (κ3) is 4.57. The normalized spacial score (nSPS) is 10.6. The highest BCUT2D eigenvalue weighted by molar-refractivity contribution is 9.11. The third-order valence-corrected chi connectivity index (χ3v) is 3.69. The molecule has 0 spiro atoms. The molecule has 22 heavy (non-hydrogen) atoms. The number of oxime groups is 1. The van der Waals surface area contributed by atoms with Crippen LogP contribution in [-0.4, -0.2) is 23.9 Å². The zero-order valence-electron chi connectivity index (χ0n) is 11.3. The highest BCUT2D eigenvalue weighted by Crippen LogP contribution is 2.32. The quantitative estimate of drug-likeness (QED) is 0.429. The van der Waals surface area contributed by atoms with Crippen LogP contribution < -0.4 is 10.1 Å². The van der Waals surface area contributed by atoms with E-state index in [0.29, 0.717) is 21.5 Å². The van der Waals surface area contributed by atoms with Gasteiger partial charge in [-0.2, -0.15) is 0 Å². The minimum Gasteiger partial charge on any atom is -0.482 e. The van der Waals surface area contributed by atoms with Gasteiger partial charge in [0.05, 0.1) is 10.7 Å². The van der Waals surface area contributed by atoms with Crippen molar-refractivity contribution < 1.29 is 14.7 Å². The predicted molar refractivity (Wildman–Crippen MR) is 91.8 cm³/mol. The van der Waals surface area contributed by atoms with E-state index in [2.05, 4.69) is 42.3 Å². The number of carbonyl (C=O) groups is 1. The predicted octanol–water partition coefficient (Wildman–Crippen LogP) is 4.04. The van der Waals surface area contributed by atoms with Gasteiger partial charge in [-0.25, -0.2) is 0 Å². The van der Waals surface area contributed by atoms with E-state index in [1.807, 2.05) is 18.2 Å². The second-order valence-electron chi connectivity index (χ2n) is 4.25. The van der Waals surface area contributed by atoms with Gasteiger partial charge in [0.2, 0.25) is 0 Å². The first-order valence-electron chi connectivity index (χ1n) is 6.24. The van der Waals surface area contributed by atoms with Crippen molar-refractivity contribution in [1.82, 2.24) is 0 Å². The maximum atomic E-state index is 11.9. The monoisotopic (exact) mass is 426 g/mol. The molecule has 2 aromatic carbocycles. The van der Waals surface area contributed by atoms with Crippen molar-refractivity contribution in [3.05, 3.63) is 57.0 Å². The molecule has 0 aliphatic carbocycles. The number of rotatable bonds is 5. The summed E-state index contributed by atoms with van der Waals surface area (Å²) >= 11 is 6.69. The lowest BCUT2D eigenvalue weighted by Gasteiger charge is -2.12. The van der Waals surface area contributed by atoms with Crippen LogP contribution in [0, 0.1) is 0 Å². The Morgan fingerprint density at radius 2 is 2.00 bits per heavy atom. The van der Waals surface area contributed by atoms with Crippen LogP contribution >= 0.6 is 31.9 Å². The van der Waals surface area contributed by atoms with Gasteiger partial charge in [-0.1, -0.05) is 39.3 Å². The summed E-state index contributed by atoms with van der Waals surface area (Å²) < 4.78 is 6.96. The molecular formula is C15H12Br2N2O3. The number of carbonyl (C=O) groups excluding carboxylic acids is 1. The maximum absolute atomic E-state index is 11.9. The van der Waals surface area contributed by atoms with Gasteiger partial charge < -0.3 is 15.3 Å². The molecule has 2 aromatic rings. The molecule has 5 nitrogen and oxygen atoms in total. The molecule has 1 amide bonds. The molecule has 0 saturated heterocycles. The Morgan fingerprint density at radius 1 is 1.27 bits per heavy atom. The molecule has 0 heterocycles. The number of hydrogen-bond acceptors (Lipinski definition) is 4. The zero-order chi connectivity index (χ0) is 15.9. The Bertz CT molecular complexity index is 691. The fraction of sp³-hybridized carbons (Fsp3) is 0.0667. The van der Waals surface area contributed by atoms with Gasteiger partial charge in [-0.3, -0.25) is 4.79 Å². The minimum absolute atomic E-state index is 0.165. The second kappa shape index (κ2) is 7.95. The Labute approximate surface area is 144 Å². The Morgan fingerprint density at radius 3 is 2.68 bits per heavy atom. The van der Waals surface area contributed by atoms with Gasteiger partial charge in [-0.05, 0) is 40.2 Å². The van der Waals surface area contributed by atoms with Crippen LogP contribution in [0.25, 0.3) is 0 Å². The smallest absolute Gasteiger partial charge is 0.262 e. The molecule has 0 radical (unpaired) electrons. The van der Waals surface area contributed by atoms with Crippen LogP contribution in [0.2, 0.25) is 0 Å². The van der Waals surface area contributed by atoms with Crippen LogP contribution in [0.1, 0.15) is 5.56 Å². The van der Waals surface area contributed by atoms with Crippen LogP contribution in [0.3, 0.4) is 0 Å². The summed E-state index contributed by atoms with van der Waals surface area (Å²) in [6.45, 7) is -0.165. The molecule has 0 saturated carbocycles. The van der Waals surface area contributed by atoms with Crippen molar-refractivity contribution in [3.8, 4) is 5.75 Å². The number of ether oxygens (including phenoxy) is 1. The summed E-state index contributed by atoms with van der Waals surface area (Å²) in [4.78, 5) is 11.9. The van der Waals surface area contributed by atoms with Crippen molar-refractivity contribution in [2.45, 2.75) is 0 Å².